The summed E-state index contributed by atoms with van der Waals surface area (Å²) < 4.78 is 7.77. The summed E-state index contributed by atoms with van der Waals surface area (Å²) in [5.41, 5.74) is 3.07. The van der Waals surface area contributed by atoms with Crippen molar-refractivity contribution in [2.75, 3.05) is 44.7 Å². The number of aryl methyl sites for hydroxylation is 1. The van der Waals surface area contributed by atoms with E-state index in [0.717, 1.165) is 62.5 Å². The van der Waals surface area contributed by atoms with Gasteiger partial charge in [-0.2, -0.15) is 5.26 Å². The molecule has 0 spiro atoms. The van der Waals surface area contributed by atoms with Crippen molar-refractivity contribution < 1.29 is 4.74 Å². The summed E-state index contributed by atoms with van der Waals surface area (Å²) in [5, 5.41) is 10.3. The van der Waals surface area contributed by atoms with Crippen LogP contribution < -0.4 is 9.64 Å². The molecule has 0 unspecified atom stereocenters. The number of benzene rings is 2. The summed E-state index contributed by atoms with van der Waals surface area (Å²) in [6, 6.07) is 18.5. The number of piperazine rings is 1. The van der Waals surface area contributed by atoms with Crippen LogP contribution in [0.5, 0.6) is 5.75 Å². The van der Waals surface area contributed by atoms with Crippen molar-refractivity contribution in [3.8, 4) is 11.8 Å². The van der Waals surface area contributed by atoms with Crippen LogP contribution in [0.2, 0.25) is 0 Å². The van der Waals surface area contributed by atoms with Crippen LogP contribution in [0.25, 0.3) is 10.9 Å². The van der Waals surface area contributed by atoms with Crippen molar-refractivity contribution in [3.05, 3.63) is 60.3 Å². The Kier molecular flexibility index (Phi) is 5.50. The van der Waals surface area contributed by atoms with E-state index >= 15 is 0 Å². The Morgan fingerprint density at radius 2 is 1.82 bits per heavy atom. The Morgan fingerprint density at radius 1 is 1.00 bits per heavy atom. The maximum atomic E-state index is 9.13. The molecule has 0 atom stereocenters. The number of nitrogens with zero attached hydrogens (tertiary/aromatic N) is 4. The van der Waals surface area contributed by atoms with Crippen molar-refractivity contribution in [1.82, 2.24) is 9.47 Å². The first-order valence-electron chi connectivity index (χ1n) is 9.88. The minimum atomic E-state index is 0.722. The van der Waals surface area contributed by atoms with Gasteiger partial charge in [0.05, 0.1) is 24.4 Å². The molecule has 5 nitrogen and oxygen atoms in total. The number of methoxy groups -OCH3 is 1. The normalized spacial score (nSPS) is 14.9. The van der Waals surface area contributed by atoms with Crippen LogP contribution in [0.3, 0.4) is 0 Å². The first-order chi connectivity index (χ1) is 13.8. The summed E-state index contributed by atoms with van der Waals surface area (Å²) in [5.74, 6) is 0.951. The van der Waals surface area contributed by atoms with Crippen molar-refractivity contribution >= 4 is 16.6 Å². The molecule has 3 aromatic rings. The van der Waals surface area contributed by atoms with Gasteiger partial charge in [0.2, 0.25) is 0 Å². The lowest BCUT2D eigenvalue weighted by Crippen LogP contribution is -2.46. The van der Waals surface area contributed by atoms with Crippen LogP contribution in [-0.2, 0) is 6.54 Å². The van der Waals surface area contributed by atoms with E-state index in [2.05, 4.69) is 44.8 Å². The molecule has 0 saturated carbocycles. The zero-order chi connectivity index (χ0) is 19.3. The van der Waals surface area contributed by atoms with E-state index in [0.29, 0.717) is 0 Å². The molecule has 144 valence electrons. The molecule has 1 aromatic heterocycles. The summed E-state index contributed by atoms with van der Waals surface area (Å²) in [7, 11) is 1.74. The Bertz CT molecular complexity index is 980. The molecule has 4 rings (SSSR count). The molecule has 5 heteroatoms. The monoisotopic (exact) mass is 374 g/mol. The summed E-state index contributed by atoms with van der Waals surface area (Å²) in [6.45, 7) is 6.27. The lowest BCUT2D eigenvalue weighted by molar-refractivity contribution is 0.250. The summed E-state index contributed by atoms with van der Waals surface area (Å²) >= 11 is 0. The van der Waals surface area contributed by atoms with Gasteiger partial charge in [-0.15, -0.1) is 0 Å². The second kappa shape index (κ2) is 8.37. The molecule has 0 aliphatic carbocycles. The highest BCUT2D eigenvalue weighted by Gasteiger charge is 2.19. The molecular weight excluding hydrogens is 348 g/mol. The molecule has 0 amide bonds. The number of rotatable bonds is 6. The molecule has 0 N–H and O–H groups in total. The molecule has 2 aromatic carbocycles. The Labute approximate surface area is 166 Å². The number of aromatic nitrogens is 1. The van der Waals surface area contributed by atoms with Gasteiger partial charge in [-0.05, 0) is 48.7 Å². The lowest BCUT2D eigenvalue weighted by atomic mass is 10.2. The van der Waals surface area contributed by atoms with Crippen LogP contribution in [-0.4, -0.2) is 49.3 Å². The Morgan fingerprint density at radius 3 is 2.61 bits per heavy atom. The SMILES string of the molecule is COc1ccccc1N1CCN(CCCn2ccc3ccc(C#N)cc32)CC1. The van der Waals surface area contributed by atoms with E-state index in [1.807, 2.05) is 30.3 Å². The zero-order valence-corrected chi connectivity index (χ0v) is 16.3. The second-order valence-electron chi connectivity index (χ2n) is 7.25. The maximum absolute atomic E-state index is 9.13. The van der Waals surface area contributed by atoms with Gasteiger partial charge in [-0.3, -0.25) is 4.90 Å². The van der Waals surface area contributed by atoms with E-state index in [1.165, 1.54) is 11.1 Å². The number of hydrogen-bond acceptors (Lipinski definition) is 4. The highest BCUT2D eigenvalue weighted by Crippen LogP contribution is 2.28. The van der Waals surface area contributed by atoms with E-state index in [1.54, 1.807) is 7.11 Å². The van der Waals surface area contributed by atoms with Gasteiger partial charge < -0.3 is 14.2 Å². The maximum Gasteiger partial charge on any atom is 0.142 e. The number of para-hydroxylation sites is 2. The van der Waals surface area contributed by atoms with Crippen LogP contribution >= 0.6 is 0 Å². The third-order valence-electron chi connectivity index (χ3n) is 5.57. The molecule has 1 fully saturated rings. The Hall–Kier alpha value is -2.97. The zero-order valence-electron chi connectivity index (χ0n) is 16.3. The van der Waals surface area contributed by atoms with Gasteiger partial charge in [-0.25, -0.2) is 0 Å². The van der Waals surface area contributed by atoms with Gasteiger partial charge in [0.25, 0.3) is 0 Å². The predicted molar refractivity (Wildman–Crippen MR) is 113 cm³/mol. The van der Waals surface area contributed by atoms with Crippen molar-refractivity contribution in [2.45, 2.75) is 13.0 Å². The van der Waals surface area contributed by atoms with E-state index < -0.39 is 0 Å². The lowest BCUT2D eigenvalue weighted by Gasteiger charge is -2.36. The van der Waals surface area contributed by atoms with E-state index in [4.69, 9.17) is 10.00 Å². The van der Waals surface area contributed by atoms with Crippen LogP contribution in [0.4, 0.5) is 5.69 Å². The topological polar surface area (TPSA) is 44.4 Å². The number of anilines is 1. The number of nitriles is 1. The molecule has 0 radical (unpaired) electrons. The highest BCUT2D eigenvalue weighted by atomic mass is 16.5. The molecule has 0 bridgehead atoms. The quantitative estimate of drug-likeness (QED) is 0.659. The predicted octanol–water partition coefficient (Wildman–Crippen LogP) is 3.73. The molecule has 28 heavy (non-hydrogen) atoms. The highest BCUT2D eigenvalue weighted by molar-refractivity contribution is 5.81. The first-order valence-corrected chi connectivity index (χ1v) is 9.88. The average Bonchev–Trinajstić information content (AvgIpc) is 3.16. The minimum Gasteiger partial charge on any atom is -0.495 e. The Balaban J connectivity index is 1.30. The molecule has 2 heterocycles. The van der Waals surface area contributed by atoms with Crippen LogP contribution in [0.1, 0.15) is 12.0 Å². The van der Waals surface area contributed by atoms with Crippen molar-refractivity contribution in [2.24, 2.45) is 0 Å². The van der Waals surface area contributed by atoms with Gasteiger partial charge in [0.1, 0.15) is 5.75 Å². The van der Waals surface area contributed by atoms with Gasteiger partial charge in [0, 0.05) is 44.4 Å². The van der Waals surface area contributed by atoms with E-state index in [9.17, 15) is 0 Å². The first kappa shape index (κ1) is 18.4. The fraction of sp³-hybridized carbons (Fsp3) is 0.348. The molecule has 1 aliphatic rings. The third-order valence-corrected chi connectivity index (χ3v) is 5.57. The van der Waals surface area contributed by atoms with Crippen molar-refractivity contribution in [1.29, 1.82) is 5.26 Å². The molecule has 1 aliphatic heterocycles. The van der Waals surface area contributed by atoms with Gasteiger partial charge in [-0.1, -0.05) is 18.2 Å². The summed E-state index contributed by atoms with van der Waals surface area (Å²) in [4.78, 5) is 4.95. The summed E-state index contributed by atoms with van der Waals surface area (Å²) in [6.07, 6.45) is 3.24. The smallest absolute Gasteiger partial charge is 0.142 e. The largest absolute Gasteiger partial charge is 0.495 e. The van der Waals surface area contributed by atoms with Crippen LogP contribution in [0, 0.1) is 11.3 Å². The standard InChI is InChI=1S/C23H26N4O/c1-28-23-6-3-2-5-21(23)27-15-13-25(14-16-27)10-4-11-26-12-9-20-8-7-19(18-24)17-22(20)26/h2-3,5-9,12,17H,4,10-11,13-16H2,1H3. The average molecular weight is 374 g/mol. The number of fused-ring (bicyclic) bond motifs is 1. The molecular formula is C23H26N4O. The number of ether oxygens (including phenoxy) is 1. The molecule has 1 saturated heterocycles. The fourth-order valence-corrected chi connectivity index (χ4v) is 4.02. The second-order valence-corrected chi connectivity index (χ2v) is 7.25. The van der Waals surface area contributed by atoms with Crippen LogP contribution in [0.15, 0.2) is 54.7 Å². The van der Waals surface area contributed by atoms with Gasteiger partial charge >= 0.3 is 0 Å². The number of hydrogen-bond donors (Lipinski definition) is 0. The fourth-order valence-electron chi connectivity index (χ4n) is 4.02. The van der Waals surface area contributed by atoms with Gasteiger partial charge in [0.15, 0.2) is 0 Å². The van der Waals surface area contributed by atoms with E-state index in [-0.39, 0.29) is 0 Å². The third kappa shape index (κ3) is 3.83. The van der Waals surface area contributed by atoms with Crippen molar-refractivity contribution in [3.63, 3.8) is 0 Å². The minimum absolute atomic E-state index is 0.722.